The van der Waals surface area contributed by atoms with Gasteiger partial charge in [0, 0.05) is 33.4 Å². The molecule has 9 heteroatoms. The summed E-state index contributed by atoms with van der Waals surface area (Å²) < 4.78 is 49.4. The summed E-state index contributed by atoms with van der Waals surface area (Å²) in [5, 5.41) is 3.05. The van der Waals surface area contributed by atoms with E-state index in [0.29, 0.717) is 25.7 Å². The second-order valence-corrected chi connectivity index (χ2v) is 6.12. The van der Waals surface area contributed by atoms with Gasteiger partial charge in [-0.05, 0) is 30.9 Å². The number of likely N-dealkylation sites (N-methyl/N-ethyl adjacent to an activating group) is 1. The number of alkyl halides is 3. The highest BCUT2D eigenvalue weighted by molar-refractivity contribution is 5.79. The molecule has 1 aliphatic carbocycles. The molecule has 0 spiro atoms. The number of aliphatic imine (C=N–C) groups is 1. The minimum atomic E-state index is -4.49. The lowest BCUT2D eigenvalue weighted by molar-refractivity contribution is -0.139. The smallest absolute Gasteiger partial charge is 0.421 e. The van der Waals surface area contributed by atoms with Crippen molar-refractivity contribution in [2.45, 2.75) is 19.0 Å². The first kappa shape index (κ1) is 20.3. The van der Waals surface area contributed by atoms with Gasteiger partial charge in [-0.15, -0.1) is 0 Å². The molecule has 1 aromatic rings. The van der Waals surface area contributed by atoms with Gasteiger partial charge in [0.2, 0.25) is 5.88 Å². The van der Waals surface area contributed by atoms with E-state index in [4.69, 9.17) is 9.47 Å². The minimum absolute atomic E-state index is 0.0329. The van der Waals surface area contributed by atoms with Crippen LogP contribution >= 0.6 is 0 Å². The number of halogens is 3. The van der Waals surface area contributed by atoms with E-state index in [0.717, 1.165) is 18.6 Å². The van der Waals surface area contributed by atoms with Crippen LogP contribution in [0.25, 0.3) is 0 Å². The molecule has 0 unspecified atom stereocenters. The standard InChI is InChI=1S/C17H25F3N4O2/c1-21-16(24(2)9-11-25-12-13-5-6-13)23-8-10-26-15-14(17(18,19)20)4-3-7-22-15/h3-4,7,13H,5-6,8-12H2,1-2H3,(H,21,23). The van der Waals surface area contributed by atoms with Crippen LogP contribution in [0, 0.1) is 5.92 Å². The van der Waals surface area contributed by atoms with Crippen LogP contribution in [0.2, 0.25) is 0 Å². The molecule has 1 aliphatic rings. The number of pyridine rings is 1. The molecule has 0 atom stereocenters. The van der Waals surface area contributed by atoms with Gasteiger partial charge in [0.05, 0.1) is 13.2 Å². The van der Waals surface area contributed by atoms with E-state index in [1.807, 2.05) is 11.9 Å². The predicted octanol–water partition coefficient (Wildman–Crippen LogP) is 2.41. The summed E-state index contributed by atoms with van der Waals surface area (Å²) >= 11 is 0. The van der Waals surface area contributed by atoms with Crippen LogP contribution in [-0.4, -0.2) is 62.8 Å². The Balaban J connectivity index is 1.70. The minimum Gasteiger partial charge on any atom is -0.475 e. The van der Waals surface area contributed by atoms with Crippen molar-refractivity contribution in [1.29, 1.82) is 0 Å². The van der Waals surface area contributed by atoms with Crippen molar-refractivity contribution in [2.75, 3.05) is 47.0 Å². The van der Waals surface area contributed by atoms with Gasteiger partial charge in [0.15, 0.2) is 5.96 Å². The molecule has 26 heavy (non-hydrogen) atoms. The maximum Gasteiger partial charge on any atom is 0.421 e. The van der Waals surface area contributed by atoms with Crippen molar-refractivity contribution in [3.8, 4) is 5.88 Å². The number of hydrogen-bond donors (Lipinski definition) is 1. The van der Waals surface area contributed by atoms with Gasteiger partial charge in [0.1, 0.15) is 12.2 Å². The van der Waals surface area contributed by atoms with Gasteiger partial charge in [-0.3, -0.25) is 4.99 Å². The third-order valence-corrected chi connectivity index (χ3v) is 3.90. The normalized spacial score (nSPS) is 15.0. The first-order chi connectivity index (χ1) is 12.4. The van der Waals surface area contributed by atoms with Gasteiger partial charge in [0.25, 0.3) is 0 Å². The lowest BCUT2D eigenvalue weighted by Crippen LogP contribution is -2.42. The summed E-state index contributed by atoms with van der Waals surface area (Å²) in [6, 6.07) is 2.18. The molecule has 0 bridgehead atoms. The monoisotopic (exact) mass is 374 g/mol. The third kappa shape index (κ3) is 6.70. The summed E-state index contributed by atoms with van der Waals surface area (Å²) in [4.78, 5) is 9.70. The molecule has 0 saturated heterocycles. The fourth-order valence-electron chi connectivity index (χ4n) is 2.26. The van der Waals surface area contributed by atoms with E-state index < -0.39 is 17.6 Å². The highest BCUT2D eigenvalue weighted by Gasteiger charge is 2.35. The fourth-order valence-corrected chi connectivity index (χ4v) is 2.26. The van der Waals surface area contributed by atoms with Crippen LogP contribution in [-0.2, 0) is 10.9 Å². The topological polar surface area (TPSA) is 59.0 Å². The van der Waals surface area contributed by atoms with Gasteiger partial charge in [-0.25, -0.2) is 4.98 Å². The highest BCUT2D eigenvalue weighted by Crippen LogP contribution is 2.34. The lowest BCUT2D eigenvalue weighted by atomic mass is 10.2. The van der Waals surface area contributed by atoms with E-state index in [9.17, 15) is 13.2 Å². The molecule has 1 heterocycles. The van der Waals surface area contributed by atoms with E-state index in [-0.39, 0.29) is 6.61 Å². The molecule has 146 valence electrons. The van der Waals surface area contributed by atoms with E-state index in [2.05, 4.69) is 15.3 Å². The quantitative estimate of drug-likeness (QED) is 0.409. The van der Waals surface area contributed by atoms with Crippen molar-refractivity contribution in [3.63, 3.8) is 0 Å². The van der Waals surface area contributed by atoms with Crippen molar-refractivity contribution in [1.82, 2.24) is 15.2 Å². The van der Waals surface area contributed by atoms with Crippen molar-refractivity contribution >= 4 is 5.96 Å². The van der Waals surface area contributed by atoms with Crippen molar-refractivity contribution in [2.24, 2.45) is 10.9 Å². The predicted molar refractivity (Wildman–Crippen MR) is 92.3 cm³/mol. The number of ether oxygens (including phenoxy) is 2. The summed E-state index contributed by atoms with van der Waals surface area (Å²) in [7, 11) is 3.52. The van der Waals surface area contributed by atoms with Crippen LogP contribution in [0.5, 0.6) is 5.88 Å². The highest BCUT2D eigenvalue weighted by atomic mass is 19.4. The third-order valence-electron chi connectivity index (χ3n) is 3.90. The SMILES string of the molecule is CN=C(NCCOc1ncccc1C(F)(F)F)N(C)CCOCC1CC1. The Kier molecular flexibility index (Phi) is 7.50. The van der Waals surface area contributed by atoms with Crippen molar-refractivity contribution in [3.05, 3.63) is 23.9 Å². The molecule has 0 aromatic carbocycles. The molecule has 6 nitrogen and oxygen atoms in total. The Labute approximate surface area is 151 Å². The molecular weight excluding hydrogens is 349 g/mol. The first-order valence-electron chi connectivity index (χ1n) is 8.56. The zero-order valence-corrected chi connectivity index (χ0v) is 15.1. The number of nitrogens with zero attached hydrogens (tertiary/aromatic N) is 3. The van der Waals surface area contributed by atoms with E-state index in [1.54, 1.807) is 7.05 Å². The van der Waals surface area contributed by atoms with E-state index >= 15 is 0 Å². The Morgan fingerprint density at radius 3 is 2.81 bits per heavy atom. The van der Waals surface area contributed by atoms with E-state index in [1.165, 1.54) is 25.1 Å². The van der Waals surface area contributed by atoms with Gasteiger partial charge in [-0.1, -0.05) is 0 Å². The lowest BCUT2D eigenvalue weighted by Gasteiger charge is -2.22. The Hall–Kier alpha value is -2.03. The molecule has 1 fully saturated rings. The number of guanidine groups is 1. The van der Waals surface area contributed by atoms with Gasteiger partial charge in [-0.2, -0.15) is 13.2 Å². The van der Waals surface area contributed by atoms with Crippen molar-refractivity contribution < 1.29 is 22.6 Å². The molecule has 0 radical (unpaired) electrons. The number of nitrogens with one attached hydrogen (secondary N) is 1. The fraction of sp³-hybridized carbons (Fsp3) is 0.647. The zero-order valence-electron chi connectivity index (χ0n) is 15.1. The molecule has 1 aromatic heterocycles. The summed E-state index contributed by atoms with van der Waals surface area (Å²) in [5.74, 6) is 0.933. The molecule has 1 N–H and O–H groups in total. The summed E-state index contributed by atoms with van der Waals surface area (Å²) in [5.41, 5.74) is -0.880. The Morgan fingerprint density at radius 1 is 1.38 bits per heavy atom. The Bertz CT molecular complexity index is 592. The molecule has 1 saturated carbocycles. The van der Waals surface area contributed by atoms with Gasteiger partial charge >= 0.3 is 6.18 Å². The van der Waals surface area contributed by atoms with Crippen LogP contribution in [0.4, 0.5) is 13.2 Å². The Morgan fingerprint density at radius 2 is 2.15 bits per heavy atom. The number of aromatic nitrogens is 1. The van der Waals surface area contributed by atoms with Crippen LogP contribution in [0.15, 0.2) is 23.3 Å². The van der Waals surface area contributed by atoms with Gasteiger partial charge < -0.3 is 19.7 Å². The summed E-state index contributed by atoms with van der Waals surface area (Å²) in [6.07, 6.45) is -0.711. The largest absolute Gasteiger partial charge is 0.475 e. The van der Waals surface area contributed by atoms with Crippen LogP contribution in [0.1, 0.15) is 18.4 Å². The maximum absolute atomic E-state index is 12.9. The summed E-state index contributed by atoms with van der Waals surface area (Å²) in [6.45, 7) is 2.41. The number of hydrogen-bond acceptors (Lipinski definition) is 4. The molecule has 0 aliphatic heterocycles. The average molecular weight is 374 g/mol. The molecular formula is C17H25F3N4O2. The molecule has 2 rings (SSSR count). The van der Waals surface area contributed by atoms with Crippen LogP contribution < -0.4 is 10.1 Å². The second kappa shape index (κ2) is 9.61. The average Bonchev–Trinajstić information content (AvgIpc) is 3.42. The zero-order chi connectivity index (χ0) is 19.0. The molecule has 0 amide bonds. The number of rotatable bonds is 9. The first-order valence-corrected chi connectivity index (χ1v) is 8.56. The maximum atomic E-state index is 12.9. The second-order valence-electron chi connectivity index (χ2n) is 6.12. The van der Waals surface area contributed by atoms with Crippen LogP contribution in [0.3, 0.4) is 0 Å².